The van der Waals surface area contributed by atoms with Crippen LogP contribution < -0.4 is 9.64 Å². The Bertz CT molecular complexity index is 1580. The van der Waals surface area contributed by atoms with Crippen molar-refractivity contribution >= 4 is 19.2 Å². The summed E-state index contributed by atoms with van der Waals surface area (Å²) in [4.78, 5) is 25.6. The highest BCUT2D eigenvalue weighted by molar-refractivity contribution is 6.62. The van der Waals surface area contributed by atoms with Crippen molar-refractivity contribution in [3.05, 3.63) is 107 Å². The van der Waals surface area contributed by atoms with Crippen LogP contribution in [0.5, 0.6) is 5.88 Å². The third-order valence-electron chi connectivity index (χ3n) is 7.93. The number of rotatable bonds is 11. The van der Waals surface area contributed by atoms with Gasteiger partial charge in [-0.2, -0.15) is 0 Å². The molecule has 1 saturated heterocycles. The maximum atomic E-state index is 14.0. The van der Waals surface area contributed by atoms with Crippen molar-refractivity contribution in [2.75, 3.05) is 31.1 Å². The standard InChI is InChI=1S/C32H34BF2N5O2.C2H2/c1-22-6-7-24(32(33)41)16-30(22)40(19-27-18-36-21-38(27)2)15-14-39-12-10-23(11-13-39)29-4-3-5-31(37-29)42-20-25-8-9-26(34)17-28(25)35;1-2/h3-9,16-18,21,23H,10-15,19-20H2,1-2H3;1-2H. The third-order valence-corrected chi connectivity index (χ3v) is 7.93. The van der Waals surface area contributed by atoms with E-state index in [9.17, 15) is 13.6 Å². The van der Waals surface area contributed by atoms with Crippen LogP contribution in [0.2, 0.25) is 0 Å². The molecule has 0 N–H and O–H groups in total. The fourth-order valence-electron chi connectivity index (χ4n) is 5.36. The van der Waals surface area contributed by atoms with Crippen LogP contribution in [-0.4, -0.2) is 59.1 Å². The minimum absolute atomic E-state index is 0.0157. The molecule has 0 aliphatic carbocycles. The topological polar surface area (TPSA) is 63.5 Å². The molecule has 0 amide bonds. The number of halogens is 2. The summed E-state index contributed by atoms with van der Waals surface area (Å²) >= 11 is 0. The van der Waals surface area contributed by atoms with Crippen LogP contribution in [0.4, 0.5) is 14.5 Å². The van der Waals surface area contributed by atoms with Crippen molar-refractivity contribution in [3.8, 4) is 18.7 Å². The number of terminal acetylenes is 1. The van der Waals surface area contributed by atoms with Crippen molar-refractivity contribution in [1.29, 1.82) is 0 Å². The highest BCUT2D eigenvalue weighted by atomic mass is 19.1. The summed E-state index contributed by atoms with van der Waals surface area (Å²) in [6.07, 6.45) is 13.6. The molecule has 5 rings (SSSR count). The van der Waals surface area contributed by atoms with E-state index in [1.807, 2.05) is 49.0 Å². The van der Waals surface area contributed by atoms with Crippen LogP contribution in [0.25, 0.3) is 0 Å². The molecular weight excluding hydrogens is 559 g/mol. The zero-order chi connectivity index (χ0) is 31.6. The molecule has 1 fully saturated rings. The molecule has 0 atom stereocenters. The number of benzene rings is 2. The van der Waals surface area contributed by atoms with E-state index in [-0.39, 0.29) is 12.2 Å². The monoisotopic (exact) mass is 595 g/mol. The highest BCUT2D eigenvalue weighted by Gasteiger charge is 2.23. The molecule has 1 aliphatic heterocycles. The summed E-state index contributed by atoms with van der Waals surface area (Å²) in [6, 6.07) is 14.7. The molecule has 4 aromatic rings. The molecule has 10 heteroatoms. The Kier molecular flexibility index (Phi) is 11.3. The number of carbonyl (C=O) groups excluding carboxylic acids is 1. The van der Waals surface area contributed by atoms with Gasteiger partial charge >= 0.3 is 0 Å². The summed E-state index contributed by atoms with van der Waals surface area (Å²) in [7, 11) is 7.57. The number of hydrogen-bond acceptors (Lipinski definition) is 6. The van der Waals surface area contributed by atoms with Crippen LogP contribution in [0.15, 0.2) is 67.1 Å². The predicted molar refractivity (Wildman–Crippen MR) is 169 cm³/mol. The van der Waals surface area contributed by atoms with E-state index in [4.69, 9.17) is 12.6 Å². The van der Waals surface area contributed by atoms with Gasteiger partial charge in [0.05, 0.1) is 18.6 Å². The van der Waals surface area contributed by atoms with Gasteiger partial charge in [0.15, 0.2) is 7.85 Å². The lowest BCUT2D eigenvalue weighted by molar-refractivity contribution is 0.108. The number of aromatic nitrogens is 3. The smallest absolute Gasteiger partial charge is 0.213 e. The normalized spacial score (nSPS) is 13.6. The van der Waals surface area contributed by atoms with Gasteiger partial charge in [0, 0.05) is 66.9 Å². The lowest BCUT2D eigenvalue weighted by atomic mass is 9.93. The van der Waals surface area contributed by atoms with E-state index >= 15 is 0 Å². The molecule has 2 aromatic heterocycles. The van der Waals surface area contributed by atoms with Gasteiger partial charge in [0.1, 0.15) is 23.9 Å². The van der Waals surface area contributed by atoms with Gasteiger partial charge in [0.25, 0.3) is 0 Å². The number of nitrogens with zero attached hydrogens (tertiary/aromatic N) is 5. The van der Waals surface area contributed by atoms with Crippen LogP contribution >= 0.6 is 0 Å². The first kappa shape index (κ1) is 32.4. The Morgan fingerprint density at radius 2 is 1.89 bits per heavy atom. The van der Waals surface area contributed by atoms with Crippen LogP contribution in [0.1, 0.15) is 51.6 Å². The predicted octanol–water partition coefficient (Wildman–Crippen LogP) is 5.43. The first-order valence-corrected chi connectivity index (χ1v) is 14.5. The van der Waals surface area contributed by atoms with E-state index in [0.717, 1.165) is 67.7 Å². The molecule has 2 aromatic carbocycles. The van der Waals surface area contributed by atoms with E-state index in [0.29, 0.717) is 23.9 Å². The van der Waals surface area contributed by atoms with Crippen molar-refractivity contribution < 1.29 is 18.3 Å². The number of ether oxygens (including phenoxy) is 1. The van der Waals surface area contributed by atoms with Gasteiger partial charge in [-0.3, -0.25) is 0 Å². The Labute approximate surface area is 259 Å². The lowest BCUT2D eigenvalue weighted by Crippen LogP contribution is -2.39. The molecule has 226 valence electrons. The number of aryl methyl sites for hydroxylation is 2. The molecule has 44 heavy (non-hydrogen) atoms. The lowest BCUT2D eigenvalue weighted by Gasteiger charge is -2.34. The minimum Gasteiger partial charge on any atom is -0.473 e. The van der Waals surface area contributed by atoms with Crippen molar-refractivity contribution in [2.24, 2.45) is 7.05 Å². The van der Waals surface area contributed by atoms with Gasteiger partial charge in [-0.1, -0.05) is 18.2 Å². The summed E-state index contributed by atoms with van der Waals surface area (Å²) in [6.45, 7) is 6.19. The molecule has 2 radical (unpaired) electrons. The number of carbonyl (C=O) groups is 1. The maximum absolute atomic E-state index is 14.0. The van der Waals surface area contributed by atoms with Crippen LogP contribution in [0, 0.1) is 31.4 Å². The van der Waals surface area contributed by atoms with Crippen LogP contribution in [-0.2, 0) is 20.2 Å². The van der Waals surface area contributed by atoms with E-state index in [1.54, 1.807) is 18.5 Å². The Morgan fingerprint density at radius 1 is 1.11 bits per heavy atom. The average molecular weight is 596 g/mol. The molecule has 1 aliphatic rings. The average Bonchev–Trinajstić information content (AvgIpc) is 3.44. The SMILES string of the molecule is C#C.[B]C(=O)c1ccc(C)c(N(CCN2CCC(c3cccc(OCc4ccc(F)cc4F)n3)CC2)Cc2cncn2C)c1. The largest absolute Gasteiger partial charge is 0.473 e. The molecule has 0 bridgehead atoms. The summed E-state index contributed by atoms with van der Waals surface area (Å²) < 4.78 is 34.9. The zero-order valence-electron chi connectivity index (χ0n) is 25.1. The Hall–Kier alpha value is -4.49. The number of hydrogen-bond donors (Lipinski definition) is 0. The quantitative estimate of drug-likeness (QED) is 0.170. The minimum atomic E-state index is -0.631. The van der Waals surface area contributed by atoms with Crippen molar-refractivity contribution in [2.45, 2.75) is 38.8 Å². The first-order valence-electron chi connectivity index (χ1n) is 14.5. The number of anilines is 1. The molecular formula is C34H36BF2N5O2. The second-order valence-corrected chi connectivity index (χ2v) is 10.8. The highest BCUT2D eigenvalue weighted by Crippen LogP contribution is 2.29. The zero-order valence-corrected chi connectivity index (χ0v) is 25.1. The molecule has 0 saturated carbocycles. The fourth-order valence-corrected chi connectivity index (χ4v) is 5.36. The molecule has 0 unspecified atom stereocenters. The summed E-state index contributed by atoms with van der Waals surface area (Å²) in [5, 5.41) is 0. The van der Waals surface area contributed by atoms with Gasteiger partial charge in [0.2, 0.25) is 5.88 Å². The second-order valence-electron chi connectivity index (χ2n) is 10.8. The summed E-state index contributed by atoms with van der Waals surface area (Å²) in [5.41, 5.74) is 4.44. The van der Waals surface area contributed by atoms with Gasteiger partial charge in [-0.05, 0) is 62.7 Å². The van der Waals surface area contributed by atoms with Crippen molar-refractivity contribution in [3.63, 3.8) is 0 Å². The second kappa shape index (κ2) is 15.3. The molecule has 0 spiro atoms. The number of likely N-dealkylation sites (tertiary alicyclic amines) is 1. The van der Waals surface area contributed by atoms with E-state index < -0.39 is 17.3 Å². The van der Waals surface area contributed by atoms with E-state index in [2.05, 4.69) is 32.6 Å². The van der Waals surface area contributed by atoms with Gasteiger partial charge < -0.3 is 23.9 Å². The fraction of sp³-hybridized carbons (Fsp3) is 0.324. The Balaban J connectivity index is 0.00000216. The Morgan fingerprint density at radius 3 is 2.57 bits per heavy atom. The van der Waals surface area contributed by atoms with Gasteiger partial charge in [-0.25, -0.2) is 18.7 Å². The molecule has 7 nitrogen and oxygen atoms in total. The van der Waals surface area contributed by atoms with E-state index in [1.165, 1.54) is 12.1 Å². The van der Waals surface area contributed by atoms with Gasteiger partial charge in [-0.15, -0.1) is 12.8 Å². The number of piperidine rings is 1. The number of imidazole rings is 1. The van der Waals surface area contributed by atoms with Crippen molar-refractivity contribution in [1.82, 2.24) is 19.4 Å². The van der Waals surface area contributed by atoms with Crippen LogP contribution in [0.3, 0.4) is 0 Å². The maximum Gasteiger partial charge on any atom is 0.213 e. The summed E-state index contributed by atoms with van der Waals surface area (Å²) in [5.74, 6) is -0.519. The molecule has 3 heterocycles. The first-order chi connectivity index (χ1) is 21.3. The number of pyridine rings is 1. The third kappa shape index (κ3) is 8.32.